The molecule has 0 radical (unpaired) electrons. The lowest BCUT2D eigenvalue weighted by atomic mass is 10.1. The first-order valence-electron chi connectivity index (χ1n) is 7.68. The molecule has 1 N–H and O–H groups in total. The van der Waals surface area contributed by atoms with Crippen molar-refractivity contribution in [1.29, 1.82) is 0 Å². The van der Waals surface area contributed by atoms with E-state index in [1.165, 1.54) is 6.07 Å². The first-order valence-corrected chi connectivity index (χ1v) is 9.57. The van der Waals surface area contributed by atoms with Crippen molar-refractivity contribution < 1.29 is 17.9 Å². The second kappa shape index (κ2) is 6.98. The minimum atomic E-state index is -3.40. The molecule has 0 aliphatic carbocycles. The summed E-state index contributed by atoms with van der Waals surface area (Å²) in [6.07, 6.45) is 1.27. The smallest absolute Gasteiger partial charge is 0.241 e. The van der Waals surface area contributed by atoms with Crippen LogP contribution in [0.2, 0.25) is 0 Å². The largest absolute Gasteiger partial charge is 0.373 e. The maximum atomic E-state index is 12.5. The fourth-order valence-electron chi connectivity index (χ4n) is 2.83. The second-order valence-electron chi connectivity index (χ2n) is 6.14. The Labute approximate surface area is 137 Å². The topological polar surface area (TPSA) is 75.7 Å². The number of carbonyl (C=O) groups is 1. The Morgan fingerprint density at radius 2 is 1.83 bits per heavy atom. The van der Waals surface area contributed by atoms with Crippen molar-refractivity contribution >= 4 is 21.4 Å². The van der Waals surface area contributed by atoms with E-state index in [-0.39, 0.29) is 29.1 Å². The van der Waals surface area contributed by atoms with Gasteiger partial charge in [-0.15, -0.1) is 0 Å². The summed E-state index contributed by atoms with van der Waals surface area (Å²) in [7, 11) is -3.40. The second-order valence-corrected chi connectivity index (χ2v) is 8.13. The number of rotatable bonds is 4. The first-order chi connectivity index (χ1) is 10.7. The summed E-state index contributed by atoms with van der Waals surface area (Å²) in [6, 6.07) is 6.07. The van der Waals surface area contributed by atoms with Crippen molar-refractivity contribution in [2.45, 2.75) is 43.9 Å². The van der Waals surface area contributed by atoms with Crippen LogP contribution >= 0.6 is 0 Å². The molecule has 128 valence electrons. The molecule has 1 amide bonds. The summed E-state index contributed by atoms with van der Waals surface area (Å²) < 4.78 is 29.3. The number of hydrogen-bond acceptors (Lipinski definition) is 5. The minimum absolute atomic E-state index is 0.0669. The molecule has 0 aromatic heterocycles. The number of para-hydroxylation sites is 1. The molecule has 1 aromatic rings. The third-order valence-corrected chi connectivity index (χ3v) is 5.07. The lowest BCUT2D eigenvalue weighted by molar-refractivity contribution is -0.126. The molecule has 23 heavy (non-hydrogen) atoms. The van der Waals surface area contributed by atoms with Crippen molar-refractivity contribution in [2.75, 3.05) is 24.7 Å². The highest BCUT2D eigenvalue weighted by Crippen LogP contribution is 2.21. The van der Waals surface area contributed by atoms with Gasteiger partial charge in [0, 0.05) is 19.3 Å². The highest BCUT2D eigenvalue weighted by molar-refractivity contribution is 7.90. The highest BCUT2D eigenvalue weighted by Gasteiger charge is 2.29. The molecule has 1 heterocycles. The van der Waals surface area contributed by atoms with E-state index in [0.717, 1.165) is 6.26 Å². The van der Waals surface area contributed by atoms with Gasteiger partial charge in [-0.05, 0) is 32.9 Å². The van der Waals surface area contributed by atoms with E-state index in [2.05, 4.69) is 10.2 Å². The van der Waals surface area contributed by atoms with Crippen LogP contribution in [0.5, 0.6) is 0 Å². The number of hydrogen-bond donors (Lipinski definition) is 1. The molecule has 7 heteroatoms. The van der Waals surface area contributed by atoms with Crippen LogP contribution in [-0.2, 0) is 19.4 Å². The van der Waals surface area contributed by atoms with Crippen molar-refractivity contribution in [3.05, 3.63) is 24.3 Å². The summed E-state index contributed by atoms with van der Waals surface area (Å²) in [5, 5.41) is 2.74. The van der Waals surface area contributed by atoms with Crippen molar-refractivity contribution in [1.82, 2.24) is 4.90 Å². The normalized spacial score (nSPS) is 24.2. The third kappa shape index (κ3) is 4.53. The Balaban J connectivity index is 2.13. The number of ether oxygens (including phenoxy) is 1. The monoisotopic (exact) mass is 340 g/mol. The standard InChI is InChI=1S/C16H24N2O4S/c1-11-9-18(10-12(2)22-11)13(3)16(19)17-14-7-5-6-8-15(14)23(4,20)21/h5-8,11-13H,9-10H2,1-4H3,(H,17,19)/t11-,12+,13-/m0/s1. The zero-order valence-electron chi connectivity index (χ0n) is 13.9. The number of nitrogens with zero attached hydrogens (tertiary/aromatic N) is 1. The molecule has 3 atom stereocenters. The Kier molecular flexibility index (Phi) is 5.44. The Hall–Kier alpha value is -1.44. The van der Waals surface area contributed by atoms with Crippen LogP contribution in [0.3, 0.4) is 0 Å². The lowest BCUT2D eigenvalue weighted by Crippen LogP contribution is -2.52. The summed E-state index contributed by atoms with van der Waals surface area (Å²) in [4.78, 5) is 14.7. The van der Waals surface area contributed by atoms with Crippen molar-refractivity contribution in [3.8, 4) is 0 Å². The Morgan fingerprint density at radius 1 is 1.26 bits per heavy atom. The quantitative estimate of drug-likeness (QED) is 0.899. The highest BCUT2D eigenvalue weighted by atomic mass is 32.2. The molecule has 0 bridgehead atoms. The molecule has 0 saturated carbocycles. The Morgan fingerprint density at radius 3 is 2.39 bits per heavy atom. The predicted molar refractivity (Wildman–Crippen MR) is 89.2 cm³/mol. The van der Waals surface area contributed by atoms with Crippen LogP contribution in [0, 0.1) is 0 Å². The zero-order valence-corrected chi connectivity index (χ0v) is 14.8. The molecule has 6 nitrogen and oxygen atoms in total. The molecule has 1 aliphatic heterocycles. The van der Waals surface area contributed by atoms with E-state index in [4.69, 9.17) is 4.74 Å². The van der Waals surface area contributed by atoms with Crippen molar-refractivity contribution in [2.24, 2.45) is 0 Å². The van der Waals surface area contributed by atoms with Crippen LogP contribution in [0.25, 0.3) is 0 Å². The number of anilines is 1. The summed E-state index contributed by atoms with van der Waals surface area (Å²) in [5.74, 6) is -0.220. The molecular formula is C16H24N2O4S. The van der Waals surface area contributed by atoms with E-state index in [1.54, 1.807) is 18.2 Å². The lowest BCUT2D eigenvalue weighted by Gasteiger charge is -2.38. The van der Waals surface area contributed by atoms with Crippen LogP contribution in [0.15, 0.2) is 29.2 Å². The summed E-state index contributed by atoms with van der Waals surface area (Å²) >= 11 is 0. The number of morpholine rings is 1. The maximum Gasteiger partial charge on any atom is 0.241 e. The van der Waals surface area contributed by atoms with Gasteiger partial charge in [0.2, 0.25) is 5.91 Å². The molecule has 1 aliphatic rings. The average Bonchev–Trinajstić information content (AvgIpc) is 2.44. The van der Waals surface area contributed by atoms with Gasteiger partial charge in [-0.3, -0.25) is 9.69 Å². The molecule has 0 unspecified atom stereocenters. The minimum Gasteiger partial charge on any atom is -0.373 e. The van der Waals surface area contributed by atoms with Gasteiger partial charge in [0.1, 0.15) is 0 Å². The molecule has 0 spiro atoms. The van der Waals surface area contributed by atoms with Gasteiger partial charge in [-0.25, -0.2) is 8.42 Å². The van der Waals surface area contributed by atoms with Gasteiger partial charge in [0.25, 0.3) is 0 Å². The van der Waals surface area contributed by atoms with Gasteiger partial charge in [0.05, 0.1) is 28.8 Å². The molecule has 1 aromatic carbocycles. The van der Waals surface area contributed by atoms with Crippen LogP contribution in [0.4, 0.5) is 5.69 Å². The maximum absolute atomic E-state index is 12.5. The number of carbonyl (C=O) groups excluding carboxylic acids is 1. The van der Waals surface area contributed by atoms with Crippen molar-refractivity contribution in [3.63, 3.8) is 0 Å². The fourth-order valence-corrected chi connectivity index (χ4v) is 3.67. The fraction of sp³-hybridized carbons (Fsp3) is 0.562. The van der Waals surface area contributed by atoms with Gasteiger partial charge in [0.15, 0.2) is 9.84 Å². The summed E-state index contributed by atoms with van der Waals surface area (Å²) in [6.45, 7) is 7.13. The molecule has 1 saturated heterocycles. The van der Waals surface area contributed by atoms with E-state index in [0.29, 0.717) is 18.8 Å². The molecule has 1 fully saturated rings. The SMILES string of the molecule is C[C@@H]1CN([C@@H](C)C(=O)Nc2ccccc2S(C)(=O)=O)C[C@H](C)O1. The third-order valence-electron chi connectivity index (χ3n) is 3.92. The number of nitrogens with one attached hydrogen (secondary N) is 1. The van der Waals surface area contributed by atoms with Gasteiger partial charge in [-0.2, -0.15) is 0 Å². The van der Waals surface area contributed by atoms with E-state index < -0.39 is 9.84 Å². The summed E-state index contributed by atoms with van der Waals surface area (Å²) in [5.41, 5.74) is 0.321. The van der Waals surface area contributed by atoms with Crippen LogP contribution < -0.4 is 5.32 Å². The number of sulfone groups is 1. The van der Waals surface area contributed by atoms with Gasteiger partial charge >= 0.3 is 0 Å². The molecule has 2 rings (SSSR count). The van der Waals surface area contributed by atoms with E-state index in [9.17, 15) is 13.2 Å². The van der Waals surface area contributed by atoms with Gasteiger partial charge in [-0.1, -0.05) is 12.1 Å². The van der Waals surface area contributed by atoms with Crippen LogP contribution in [-0.4, -0.2) is 56.8 Å². The predicted octanol–water partition coefficient (Wildman–Crippen LogP) is 1.53. The molecular weight excluding hydrogens is 316 g/mol. The van der Waals surface area contributed by atoms with Crippen LogP contribution in [0.1, 0.15) is 20.8 Å². The number of benzene rings is 1. The zero-order chi connectivity index (χ0) is 17.2. The average molecular weight is 340 g/mol. The number of amides is 1. The van der Waals surface area contributed by atoms with Gasteiger partial charge < -0.3 is 10.1 Å². The van der Waals surface area contributed by atoms with E-state index >= 15 is 0 Å². The first kappa shape index (κ1) is 17.9. The Bertz CT molecular complexity index is 664. The van der Waals surface area contributed by atoms with E-state index in [1.807, 2.05) is 20.8 Å².